The fourth-order valence-corrected chi connectivity index (χ4v) is 2.39. The molecule has 2 N–H and O–H groups in total. The Bertz CT molecular complexity index is 236. The fourth-order valence-electron chi connectivity index (χ4n) is 0.773. The van der Waals surface area contributed by atoms with Gasteiger partial charge in [-0.1, -0.05) is 18.3 Å². The van der Waals surface area contributed by atoms with E-state index in [1.165, 1.54) is 0 Å². The van der Waals surface area contributed by atoms with Crippen LogP contribution in [0.1, 0.15) is 29.4 Å². The third-order valence-electron chi connectivity index (χ3n) is 1.51. The molecule has 0 saturated heterocycles. The molecule has 3 nitrogen and oxygen atoms in total. The lowest BCUT2D eigenvalue weighted by Crippen LogP contribution is -2.07. The first-order valence-electron chi connectivity index (χ1n) is 3.84. The van der Waals surface area contributed by atoms with E-state index in [1.54, 1.807) is 23.1 Å². The van der Waals surface area contributed by atoms with Crippen molar-refractivity contribution in [2.45, 2.75) is 25.1 Å². The van der Waals surface area contributed by atoms with Crippen LogP contribution in [0.5, 0.6) is 0 Å². The molecular weight excluding hydrogens is 190 g/mol. The summed E-state index contributed by atoms with van der Waals surface area (Å²) in [6, 6.07) is 0.0677. The molecule has 1 rings (SSSR count). The molecular formula is C7H13N3S2. The van der Waals surface area contributed by atoms with Crippen molar-refractivity contribution in [3.63, 3.8) is 0 Å². The second-order valence-corrected chi connectivity index (χ2v) is 4.44. The Kier molecular flexibility index (Phi) is 3.97. The summed E-state index contributed by atoms with van der Waals surface area (Å²) < 4.78 is 0. The third kappa shape index (κ3) is 2.43. The van der Waals surface area contributed by atoms with Gasteiger partial charge in [0.1, 0.15) is 10.0 Å². The quantitative estimate of drug-likeness (QED) is 0.811. The van der Waals surface area contributed by atoms with Gasteiger partial charge in [-0.05, 0) is 12.7 Å². The van der Waals surface area contributed by atoms with Crippen molar-refractivity contribution in [2.75, 3.05) is 6.26 Å². The van der Waals surface area contributed by atoms with E-state index < -0.39 is 0 Å². The molecule has 0 aliphatic rings. The second-order valence-electron chi connectivity index (χ2n) is 2.48. The first-order valence-corrected chi connectivity index (χ1v) is 6.05. The Morgan fingerprint density at radius 1 is 1.58 bits per heavy atom. The molecule has 0 spiro atoms. The van der Waals surface area contributed by atoms with Crippen LogP contribution < -0.4 is 5.73 Å². The van der Waals surface area contributed by atoms with Crippen molar-refractivity contribution < 1.29 is 0 Å². The highest BCUT2D eigenvalue weighted by Crippen LogP contribution is 2.20. The normalized spacial score (nSPS) is 13.2. The van der Waals surface area contributed by atoms with Crippen LogP contribution in [-0.4, -0.2) is 16.5 Å². The minimum atomic E-state index is 0.0677. The summed E-state index contributed by atoms with van der Waals surface area (Å²) in [6.07, 6.45) is 2.98. The average molecular weight is 203 g/mol. The summed E-state index contributed by atoms with van der Waals surface area (Å²) in [6.45, 7) is 2.06. The molecule has 1 atom stereocenters. The first-order chi connectivity index (χ1) is 5.77. The molecule has 0 aliphatic carbocycles. The van der Waals surface area contributed by atoms with E-state index in [0.29, 0.717) is 0 Å². The first kappa shape index (κ1) is 9.95. The molecule has 12 heavy (non-hydrogen) atoms. The zero-order valence-electron chi connectivity index (χ0n) is 7.28. The van der Waals surface area contributed by atoms with Crippen LogP contribution in [0, 0.1) is 0 Å². The Hall–Kier alpha value is -0.130. The Balaban J connectivity index is 2.63. The van der Waals surface area contributed by atoms with Crippen molar-refractivity contribution in [1.82, 2.24) is 10.2 Å². The lowest BCUT2D eigenvalue weighted by atomic mass is 10.3. The van der Waals surface area contributed by atoms with E-state index >= 15 is 0 Å². The van der Waals surface area contributed by atoms with Crippen LogP contribution >= 0.6 is 23.1 Å². The van der Waals surface area contributed by atoms with E-state index in [0.717, 1.165) is 22.2 Å². The number of hydrogen-bond acceptors (Lipinski definition) is 5. The molecule has 0 aliphatic heterocycles. The summed E-state index contributed by atoms with van der Waals surface area (Å²) in [5.41, 5.74) is 5.80. The average Bonchev–Trinajstić information content (AvgIpc) is 2.52. The lowest BCUT2D eigenvalue weighted by Gasteiger charge is -2.00. The lowest BCUT2D eigenvalue weighted by molar-refractivity contribution is 0.682. The van der Waals surface area contributed by atoms with Gasteiger partial charge in [-0.2, -0.15) is 11.8 Å². The minimum Gasteiger partial charge on any atom is -0.322 e. The Morgan fingerprint density at radius 2 is 2.33 bits per heavy atom. The smallest absolute Gasteiger partial charge is 0.134 e. The van der Waals surface area contributed by atoms with Gasteiger partial charge >= 0.3 is 0 Å². The SMILES string of the molecule is CCC(N)c1nnc(CSC)s1. The number of nitrogens with two attached hydrogens (primary N) is 1. The van der Waals surface area contributed by atoms with Gasteiger partial charge in [0.05, 0.1) is 6.04 Å². The Morgan fingerprint density at radius 3 is 2.92 bits per heavy atom. The predicted octanol–water partition coefficient (Wildman–Crippen LogP) is 1.81. The minimum absolute atomic E-state index is 0.0677. The number of thioether (sulfide) groups is 1. The highest BCUT2D eigenvalue weighted by Gasteiger charge is 2.09. The largest absolute Gasteiger partial charge is 0.322 e. The van der Waals surface area contributed by atoms with Gasteiger partial charge in [0.15, 0.2) is 0 Å². The second kappa shape index (κ2) is 4.79. The highest BCUT2D eigenvalue weighted by atomic mass is 32.2. The molecule has 0 amide bonds. The summed E-state index contributed by atoms with van der Waals surface area (Å²) in [4.78, 5) is 0. The Labute approximate surface area is 80.8 Å². The fraction of sp³-hybridized carbons (Fsp3) is 0.714. The topological polar surface area (TPSA) is 51.8 Å². The van der Waals surface area contributed by atoms with Gasteiger partial charge in [-0.25, -0.2) is 0 Å². The van der Waals surface area contributed by atoms with E-state index in [-0.39, 0.29) is 6.04 Å². The van der Waals surface area contributed by atoms with Crippen molar-refractivity contribution in [1.29, 1.82) is 0 Å². The molecule has 68 valence electrons. The zero-order chi connectivity index (χ0) is 8.97. The predicted molar refractivity (Wildman–Crippen MR) is 54.3 cm³/mol. The number of nitrogens with zero attached hydrogens (tertiary/aromatic N) is 2. The van der Waals surface area contributed by atoms with Crippen LogP contribution in [0.25, 0.3) is 0 Å². The maximum Gasteiger partial charge on any atom is 0.134 e. The maximum absolute atomic E-state index is 5.80. The molecule has 1 heterocycles. The summed E-state index contributed by atoms with van der Waals surface area (Å²) in [5, 5.41) is 10.1. The standard InChI is InChI=1S/C7H13N3S2/c1-3-5(8)7-10-9-6(12-7)4-11-2/h5H,3-4,8H2,1-2H3. The molecule has 1 aromatic rings. The summed E-state index contributed by atoms with van der Waals surface area (Å²) >= 11 is 3.38. The molecule has 0 fully saturated rings. The maximum atomic E-state index is 5.80. The molecule has 1 aromatic heterocycles. The van der Waals surface area contributed by atoms with Crippen LogP contribution in [0.2, 0.25) is 0 Å². The zero-order valence-corrected chi connectivity index (χ0v) is 8.91. The molecule has 1 unspecified atom stereocenters. The van der Waals surface area contributed by atoms with Crippen LogP contribution in [-0.2, 0) is 5.75 Å². The van der Waals surface area contributed by atoms with Crippen molar-refractivity contribution >= 4 is 23.1 Å². The van der Waals surface area contributed by atoms with E-state index in [9.17, 15) is 0 Å². The monoisotopic (exact) mass is 203 g/mol. The van der Waals surface area contributed by atoms with Crippen molar-refractivity contribution in [3.8, 4) is 0 Å². The van der Waals surface area contributed by atoms with Crippen molar-refractivity contribution in [2.24, 2.45) is 5.73 Å². The van der Waals surface area contributed by atoms with E-state index in [4.69, 9.17) is 5.73 Å². The van der Waals surface area contributed by atoms with Gasteiger partial charge in [-0.3, -0.25) is 0 Å². The number of rotatable bonds is 4. The third-order valence-corrected chi connectivity index (χ3v) is 3.31. The van der Waals surface area contributed by atoms with E-state index in [2.05, 4.69) is 23.4 Å². The van der Waals surface area contributed by atoms with Gasteiger partial charge in [0.2, 0.25) is 0 Å². The molecule has 0 aromatic carbocycles. The van der Waals surface area contributed by atoms with Crippen molar-refractivity contribution in [3.05, 3.63) is 10.0 Å². The highest BCUT2D eigenvalue weighted by molar-refractivity contribution is 7.97. The van der Waals surface area contributed by atoms with Crippen LogP contribution in [0.4, 0.5) is 0 Å². The van der Waals surface area contributed by atoms with Crippen LogP contribution in [0.3, 0.4) is 0 Å². The molecule has 5 heteroatoms. The van der Waals surface area contributed by atoms with Gasteiger partial charge in [0.25, 0.3) is 0 Å². The van der Waals surface area contributed by atoms with Crippen LogP contribution in [0.15, 0.2) is 0 Å². The number of aromatic nitrogens is 2. The summed E-state index contributed by atoms with van der Waals surface area (Å²) in [7, 11) is 0. The number of hydrogen-bond donors (Lipinski definition) is 1. The van der Waals surface area contributed by atoms with Gasteiger partial charge in [-0.15, -0.1) is 10.2 Å². The van der Waals surface area contributed by atoms with Gasteiger partial charge < -0.3 is 5.73 Å². The van der Waals surface area contributed by atoms with Gasteiger partial charge in [0, 0.05) is 5.75 Å². The molecule has 0 radical (unpaired) electrons. The molecule has 0 saturated carbocycles. The summed E-state index contributed by atoms with van der Waals surface area (Å²) in [5.74, 6) is 0.939. The van der Waals surface area contributed by atoms with E-state index in [1.807, 2.05) is 0 Å². The molecule has 0 bridgehead atoms.